The van der Waals surface area contributed by atoms with Gasteiger partial charge in [0.15, 0.2) is 0 Å². The molecule has 0 aromatic heterocycles. The van der Waals surface area contributed by atoms with Crippen LogP contribution >= 0.6 is 11.6 Å². The van der Waals surface area contributed by atoms with Crippen LogP contribution in [0.3, 0.4) is 0 Å². The predicted octanol–water partition coefficient (Wildman–Crippen LogP) is 4.62. The number of hydrogen-bond donors (Lipinski definition) is 1. The number of benzene rings is 2. The second-order valence-corrected chi connectivity index (χ2v) is 11.3. The fraction of sp³-hybridized carbons (Fsp3) is 0.481. The highest BCUT2D eigenvalue weighted by atomic mass is 35.5. The summed E-state index contributed by atoms with van der Waals surface area (Å²) in [7, 11) is -3.63. The number of nitrogens with one attached hydrogen (secondary N) is 1. The van der Waals surface area contributed by atoms with Crippen LogP contribution in [-0.4, -0.2) is 56.6 Å². The summed E-state index contributed by atoms with van der Waals surface area (Å²) < 4.78 is 32.1. The first kappa shape index (κ1) is 30.4. The van der Waals surface area contributed by atoms with Crippen molar-refractivity contribution in [3.8, 4) is 5.75 Å². The van der Waals surface area contributed by atoms with Gasteiger partial charge in [-0.15, -0.1) is 0 Å². The maximum absolute atomic E-state index is 13.4. The fourth-order valence-electron chi connectivity index (χ4n) is 3.78. The zero-order chi connectivity index (χ0) is 27.6. The van der Waals surface area contributed by atoms with Crippen LogP contribution in [0.15, 0.2) is 48.5 Å². The summed E-state index contributed by atoms with van der Waals surface area (Å²) >= 11 is 6.34. The largest absolute Gasteiger partial charge is 0.492 e. The summed E-state index contributed by atoms with van der Waals surface area (Å²) in [5.74, 6) is -0.0612. The Labute approximate surface area is 226 Å². The lowest BCUT2D eigenvalue weighted by molar-refractivity contribution is -0.140. The third-order valence-electron chi connectivity index (χ3n) is 6.05. The zero-order valence-electron chi connectivity index (χ0n) is 22.2. The van der Waals surface area contributed by atoms with Crippen molar-refractivity contribution >= 4 is 39.1 Å². The first-order chi connectivity index (χ1) is 17.5. The van der Waals surface area contributed by atoms with Gasteiger partial charge in [-0.25, -0.2) is 8.42 Å². The molecule has 10 heteroatoms. The van der Waals surface area contributed by atoms with Gasteiger partial charge in [0.25, 0.3) is 0 Å². The van der Waals surface area contributed by atoms with Gasteiger partial charge in [0, 0.05) is 30.6 Å². The van der Waals surface area contributed by atoms with Gasteiger partial charge in [-0.3, -0.25) is 13.9 Å². The summed E-state index contributed by atoms with van der Waals surface area (Å²) in [6.45, 7) is 8.03. The summed E-state index contributed by atoms with van der Waals surface area (Å²) in [6.07, 6.45) is 2.20. The van der Waals surface area contributed by atoms with Crippen LogP contribution in [0.1, 0.15) is 52.5 Å². The summed E-state index contributed by atoms with van der Waals surface area (Å²) in [4.78, 5) is 27.8. The average Bonchev–Trinajstić information content (AvgIpc) is 2.85. The molecule has 0 aliphatic carbocycles. The number of hydrogen-bond acceptors (Lipinski definition) is 5. The summed E-state index contributed by atoms with van der Waals surface area (Å²) in [5, 5.41) is 3.44. The maximum Gasteiger partial charge on any atom is 0.242 e. The number of carbonyl (C=O) groups excluding carboxylic acids is 2. The van der Waals surface area contributed by atoms with Crippen molar-refractivity contribution in [2.75, 3.05) is 23.7 Å². The molecule has 0 aliphatic rings. The van der Waals surface area contributed by atoms with Crippen molar-refractivity contribution < 1.29 is 22.7 Å². The van der Waals surface area contributed by atoms with Crippen LogP contribution in [0.5, 0.6) is 5.75 Å². The van der Waals surface area contributed by atoms with E-state index in [2.05, 4.69) is 5.32 Å². The van der Waals surface area contributed by atoms with Crippen LogP contribution in [0.25, 0.3) is 0 Å². The number of rotatable bonds is 14. The molecule has 0 aliphatic heterocycles. The molecule has 2 aromatic carbocycles. The number of amides is 2. The lowest BCUT2D eigenvalue weighted by atomic mass is 10.1. The Morgan fingerprint density at radius 1 is 1.05 bits per heavy atom. The van der Waals surface area contributed by atoms with E-state index >= 15 is 0 Å². The van der Waals surface area contributed by atoms with Crippen molar-refractivity contribution in [3.63, 3.8) is 0 Å². The van der Waals surface area contributed by atoms with Gasteiger partial charge in [0.1, 0.15) is 11.8 Å². The van der Waals surface area contributed by atoms with Crippen molar-refractivity contribution in [2.45, 2.75) is 65.6 Å². The average molecular weight is 552 g/mol. The number of para-hydroxylation sites is 2. The Morgan fingerprint density at radius 3 is 2.32 bits per heavy atom. The molecule has 8 nitrogen and oxygen atoms in total. The van der Waals surface area contributed by atoms with E-state index in [0.29, 0.717) is 23.1 Å². The first-order valence-electron chi connectivity index (χ1n) is 12.5. The number of halogens is 1. The summed E-state index contributed by atoms with van der Waals surface area (Å²) in [5.41, 5.74) is 1.15. The number of ether oxygens (including phenoxy) is 1. The van der Waals surface area contributed by atoms with Crippen LogP contribution in [-0.2, 0) is 26.2 Å². The molecule has 1 N–H and O–H groups in total. The molecule has 0 spiro atoms. The van der Waals surface area contributed by atoms with Gasteiger partial charge in [-0.2, -0.15) is 0 Å². The highest BCUT2D eigenvalue weighted by Gasteiger charge is 2.28. The van der Waals surface area contributed by atoms with Gasteiger partial charge < -0.3 is 15.0 Å². The third-order valence-corrected chi connectivity index (χ3v) is 7.60. The van der Waals surface area contributed by atoms with Crippen molar-refractivity contribution in [2.24, 2.45) is 0 Å². The van der Waals surface area contributed by atoms with E-state index in [4.69, 9.17) is 16.3 Å². The Hall–Kier alpha value is -2.78. The van der Waals surface area contributed by atoms with Gasteiger partial charge >= 0.3 is 0 Å². The fourth-order valence-corrected chi connectivity index (χ4v) is 4.95. The molecular weight excluding hydrogens is 514 g/mol. The predicted molar refractivity (Wildman–Crippen MR) is 148 cm³/mol. The normalized spacial score (nSPS) is 12.9. The molecule has 0 radical (unpaired) electrons. The van der Waals surface area contributed by atoms with Gasteiger partial charge in [-0.1, -0.05) is 48.9 Å². The Balaban J connectivity index is 2.22. The van der Waals surface area contributed by atoms with E-state index in [1.165, 1.54) is 9.21 Å². The highest BCUT2D eigenvalue weighted by Crippen LogP contribution is 2.30. The Bertz CT molecular complexity index is 1160. The minimum atomic E-state index is -3.63. The van der Waals surface area contributed by atoms with E-state index < -0.39 is 16.1 Å². The lowest BCUT2D eigenvalue weighted by Crippen LogP contribution is -2.49. The smallest absolute Gasteiger partial charge is 0.242 e. The van der Waals surface area contributed by atoms with Gasteiger partial charge in [0.2, 0.25) is 21.8 Å². The van der Waals surface area contributed by atoms with Crippen molar-refractivity contribution in [1.82, 2.24) is 10.2 Å². The van der Waals surface area contributed by atoms with Crippen LogP contribution in [0.4, 0.5) is 5.69 Å². The second kappa shape index (κ2) is 14.2. The standard InChI is InChI=1S/C27H38ClN3O5S/c1-6-20(3)29-27(33)21(4)30(19-22-13-8-9-14-23(22)28)26(32)17-12-18-31(37(5,34)35)24-15-10-11-16-25(24)36-7-2/h8-11,13-16,20-21H,6-7,12,17-19H2,1-5H3,(H,29,33)/t20-,21+/m1/s1. The van der Waals surface area contributed by atoms with Crippen LogP contribution < -0.4 is 14.4 Å². The molecule has 2 rings (SSSR count). The Kier molecular flexibility index (Phi) is 11.7. The number of carbonyl (C=O) groups is 2. The minimum Gasteiger partial charge on any atom is -0.492 e. The second-order valence-electron chi connectivity index (χ2n) is 8.95. The monoisotopic (exact) mass is 551 g/mol. The highest BCUT2D eigenvalue weighted by molar-refractivity contribution is 7.92. The maximum atomic E-state index is 13.4. The van der Waals surface area contributed by atoms with Crippen molar-refractivity contribution in [1.29, 1.82) is 0 Å². The van der Waals surface area contributed by atoms with E-state index in [0.717, 1.165) is 18.2 Å². The van der Waals surface area contributed by atoms with E-state index in [9.17, 15) is 18.0 Å². The van der Waals surface area contributed by atoms with Gasteiger partial charge in [-0.05, 0) is 57.4 Å². The molecular formula is C27H38ClN3O5S. The summed E-state index contributed by atoms with van der Waals surface area (Å²) in [6, 6.07) is 13.3. The van der Waals surface area contributed by atoms with Crippen LogP contribution in [0.2, 0.25) is 5.02 Å². The van der Waals surface area contributed by atoms with E-state index in [-0.39, 0.29) is 43.8 Å². The first-order valence-corrected chi connectivity index (χ1v) is 14.7. The topological polar surface area (TPSA) is 96.0 Å². The molecule has 0 saturated carbocycles. The van der Waals surface area contributed by atoms with Crippen molar-refractivity contribution in [3.05, 3.63) is 59.1 Å². The molecule has 2 atom stereocenters. The molecule has 204 valence electrons. The Morgan fingerprint density at radius 2 is 1.70 bits per heavy atom. The lowest BCUT2D eigenvalue weighted by Gasteiger charge is -2.30. The molecule has 0 bridgehead atoms. The van der Waals surface area contributed by atoms with Crippen LogP contribution in [0, 0.1) is 0 Å². The number of sulfonamides is 1. The zero-order valence-corrected chi connectivity index (χ0v) is 23.8. The molecule has 0 saturated heterocycles. The quantitative estimate of drug-likeness (QED) is 0.370. The molecule has 2 aromatic rings. The minimum absolute atomic E-state index is 0.0269. The third kappa shape index (κ3) is 8.93. The molecule has 0 unspecified atom stereocenters. The molecule has 0 heterocycles. The van der Waals surface area contributed by atoms with E-state index in [1.54, 1.807) is 43.3 Å². The van der Waals surface area contributed by atoms with E-state index in [1.807, 2.05) is 32.9 Å². The number of nitrogens with zero attached hydrogens (tertiary/aromatic N) is 2. The molecule has 0 fully saturated rings. The number of anilines is 1. The van der Waals surface area contributed by atoms with Gasteiger partial charge in [0.05, 0.1) is 18.6 Å². The molecule has 37 heavy (non-hydrogen) atoms. The molecule has 2 amide bonds. The SMILES string of the molecule is CCOc1ccccc1N(CCCC(=O)N(Cc1ccccc1Cl)[C@@H](C)C(=O)N[C@H](C)CC)S(C)(=O)=O.